The second-order valence-electron chi connectivity index (χ2n) is 3.66. The van der Waals surface area contributed by atoms with E-state index in [0.717, 1.165) is 6.07 Å². The molecule has 1 N–H and O–H groups in total. The van der Waals surface area contributed by atoms with E-state index in [-0.39, 0.29) is 12.4 Å². The zero-order valence-corrected chi connectivity index (χ0v) is 8.49. The van der Waals surface area contributed by atoms with Gasteiger partial charge in [-0.1, -0.05) is 6.07 Å². The number of fused-ring (bicyclic) bond motifs is 3. The topological polar surface area (TPSA) is 40.0 Å². The van der Waals surface area contributed by atoms with Gasteiger partial charge in [-0.3, -0.25) is 4.90 Å². The van der Waals surface area contributed by atoms with E-state index in [0.29, 0.717) is 11.5 Å². The first-order chi connectivity index (χ1) is 8.07. The van der Waals surface area contributed by atoms with Crippen LogP contribution in [0.1, 0.15) is 5.56 Å². The molecule has 0 unspecified atom stereocenters. The first-order valence-corrected chi connectivity index (χ1v) is 4.89. The maximum absolute atomic E-state index is 12.9. The average molecular weight is 240 g/mol. The lowest BCUT2D eigenvalue weighted by Crippen LogP contribution is -2.25. The Bertz CT molecular complexity index is 533. The first-order valence-electron chi connectivity index (χ1n) is 4.89. The molecule has 0 radical (unpaired) electrons. The Morgan fingerprint density at radius 2 is 2.12 bits per heavy atom. The van der Waals surface area contributed by atoms with E-state index in [4.69, 9.17) is 0 Å². The van der Waals surface area contributed by atoms with Crippen molar-refractivity contribution >= 4 is 11.4 Å². The van der Waals surface area contributed by atoms with Crippen molar-refractivity contribution in [3.05, 3.63) is 35.8 Å². The molecule has 0 amide bonds. The summed E-state index contributed by atoms with van der Waals surface area (Å²) in [7, 11) is 0. The number of alkyl halides is 3. The smallest absolute Gasteiger partial charge is 0.357 e. The lowest BCUT2D eigenvalue weighted by atomic mass is 10.1. The second kappa shape index (κ2) is 3.22. The summed E-state index contributed by atoms with van der Waals surface area (Å²) in [6.45, 7) is 0.119. The molecule has 0 atom stereocenters. The van der Waals surface area contributed by atoms with E-state index in [1.54, 1.807) is 12.3 Å². The molecule has 0 fully saturated rings. The molecule has 0 spiro atoms. The number of nitrogens with zero attached hydrogens (tertiary/aromatic N) is 3. The molecule has 7 heteroatoms. The van der Waals surface area contributed by atoms with Crippen LogP contribution in [0.3, 0.4) is 0 Å². The molecule has 0 aliphatic carbocycles. The van der Waals surface area contributed by atoms with Gasteiger partial charge in [-0.2, -0.15) is 18.3 Å². The van der Waals surface area contributed by atoms with Crippen LogP contribution < -0.4 is 10.2 Å². The van der Waals surface area contributed by atoms with Gasteiger partial charge in [0, 0.05) is 6.20 Å². The summed E-state index contributed by atoms with van der Waals surface area (Å²) in [5.74, 6) is 0.397. The molecule has 2 aliphatic rings. The second-order valence-corrected chi connectivity index (χ2v) is 3.66. The third-order valence-electron chi connectivity index (χ3n) is 2.62. The normalized spacial score (nSPS) is 17.4. The zero-order chi connectivity index (χ0) is 12.0. The molecular weight excluding hydrogens is 233 g/mol. The van der Waals surface area contributed by atoms with Gasteiger partial charge in [-0.05, 0) is 12.1 Å². The van der Waals surface area contributed by atoms with Crippen molar-refractivity contribution in [1.29, 1.82) is 0 Å². The fourth-order valence-electron chi connectivity index (χ4n) is 1.91. The van der Waals surface area contributed by atoms with Crippen molar-refractivity contribution in [2.45, 2.75) is 6.18 Å². The molecule has 88 valence electrons. The van der Waals surface area contributed by atoms with Gasteiger partial charge in [0.15, 0.2) is 5.82 Å². The minimum absolute atomic E-state index is 0.0856. The highest BCUT2D eigenvalue weighted by Gasteiger charge is 2.38. The van der Waals surface area contributed by atoms with Gasteiger partial charge in [0.2, 0.25) is 0 Å². The Labute approximate surface area is 94.4 Å². The van der Waals surface area contributed by atoms with Gasteiger partial charge in [0.05, 0.1) is 16.9 Å². The SMILES string of the molecule is FC(F)(F)c1cccc2c1N1CN=NC1=CN2. The number of rotatable bonds is 0. The van der Waals surface area contributed by atoms with Crippen LogP contribution in [0.15, 0.2) is 40.4 Å². The molecule has 0 saturated carbocycles. The van der Waals surface area contributed by atoms with Crippen molar-refractivity contribution in [1.82, 2.24) is 0 Å². The first kappa shape index (κ1) is 10.1. The quantitative estimate of drug-likeness (QED) is 0.756. The van der Waals surface area contributed by atoms with Crippen molar-refractivity contribution < 1.29 is 13.2 Å². The fraction of sp³-hybridized carbons (Fsp3) is 0.200. The van der Waals surface area contributed by atoms with Gasteiger partial charge in [0.25, 0.3) is 0 Å². The Morgan fingerprint density at radius 1 is 1.29 bits per heavy atom. The molecule has 0 aromatic heterocycles. The minimum atomic E-state index is -4.39. The summed E-state index contributed by atoms with van der Waals surface area (Å²) in [4.78, 5) is 1.44. The van der Waals surface area contributed by atoms with Crippen LogP contribution >= 0.6 is 0 Å². The Balaban J connectivity index is 2.18. The molecule has 2 heterocycles. The molecule has 3 rings (SSSR count). The number of anilines is 2. The van der Waals surface area contributed by atoms with E-state index in [9.17, 15) is 13.2 Å². The maximum atomic E-state index is 12.9. The van der Waals surface area contributed by atoms with Gasteiger partial charge >= 0.3 is 6.18 Å². The lowest BCUT2D eigenvalue weighted by molar-refractivity contribution is -0.137. The van der Waals surface area contributed by atoms with Gasteiger partial charge in [-0.15, -0.1) is 5.11 Å². The number of halogens is 3. The van der Waals surface area contributed by atoms with Crippen LogP contribution in [0.5, 0.6) is 0 Å². The molecule has 2 aliphatic heterocycles. The van der Waals surface area contributed by atoms with E-state index in [1.807, 2.05) is 0 Å². The molecule has 17 heavy (non-hydrogen) atoms. The third-order valence-corrected chi connectivity index (χ3v) is 2.62. The van der Waals surface area contributed by atoms with E-state index >= 15 is 0 Å². The molecule has 1 aromatic carbocycles. The van der Waals surface area contributed by atoms with E-state index in [2.05, 4.69) is 15.5 Å². The summed E-state index contributed by atoms with van der Waals surface area (Å²) >= 11 is 0. The Morgan fingerprint density at radius 3 is 2.88 bits per heavy atom. The van der Waals surface area contributed by atoms with Crippen LogP contribution in [0, 0.1) is 0 Å². The predicted octanol–water partition coefficient (Wildman–Crippen LogP) is 3.16. The van der Waals surface area contributed by atoms with Crippen LogP contribution in [0.2, 0.25) is 0 Å². The fourth-order valence-corrected chi connectivity index (χ4v) is 1.91. The number of azo groups is 1. The van der Waals surface area contributed by atoms with E-state index < -0.39 is 11.7 Å². The summed E-state index contributed by atoms with van der Waals surface area (Å²) < 4.78 is 38.7. The maximum Gasteiger partial charge on any atom is 0.418 e. The van der Waals surface area contributed by atoms with Crippen molar-refractivity contribution in [3.8, 4) is 0 Å². The minimum Gasteiger partial charge on any atom is -0.357 e. The van der Waals surface area contributed by atoms with Crippen molar-refractivity contribution in [2.24, 2.45) is 10.2 Å². The van der Waals surface area contributed by atoms with Gasteiger partial charge in [0.1, 0.15) is 6.67 Å². The van der Waals surface area contributed by atoms with E-state index in [1.165, 1.54) is 11.0 Å². The molecular formula is C10H7F3N4. The number of benzene rings is 1. The highest BCUT2D eigenvalue weighted by atomic mass is 19.4. The summed E-state index contributed by atoms with van der Waals surface area (Å²) in [6.07, 6.45) is -2.85. The number of nitrogens with one attached hydrogen (secondary N) is 1. The van der Waals surface area contributed by atoms with Crippen LogP contribution in [0.25, 0.3) is 0 Å². The van der Waals surface area contributed by atoms with Gasteiger partial charge in [-0.25, -0.2) is 0 Å². The summed E-state index contributed by atoms with van der Waals surface area (Å²) in [5.41, 5.74) is -0.182. The van der Waals surface area contributed by atoms with Crippen LogP contribution in [-0.2, 0) is 6.18 Å². The highest BCUT2D eigenvalue weighted by Crippen LogP contribution is 2.44. The molecule has 0 saturated heterocycles. The number of para-hydroxylation sites is 1. The molecule has 1 aromatic rings. The standard InChI is InChI=1S/C10H7F3N4/c11-10(12,13)6-2-1-3-7-9(6)17-5-15-16-8(17)4-14-7/h1-4,14H,5H2. The third kappa shape index (κ3) is 1.46. The molecule has 0 bridgehead atoms. The highest BCUT2D eigenvalue weighted by molar-refractivity contribution is 5.80. The lowest BCUT2D eigenvalue weighted by Gasteiger charge is -2.27. The number of hydrogen-bond acceptors (Lipinski definition) is 4. The van der Waals surface area contributed by atoms with Crippen LogP contribution in [0.4, 0.5) is 24.5 Å². The average Bonchev–Trinajstić information content (AvgIpc) is 2.75. The zero-order valence-electron chi connectivity index (χ0n) is 8.49. The monoisotopic (exact) mass is 240 g/mol. The van der Waals surface area contributed by atoms with Gasteiger partial charge < -0.3 is 5.32 Å². The molecule has 4 nitrogen and oxygen atoms in total. The predicted molar refractivity (Wildman–Crippen MR) is 55.4 cm³/mol. The largest absolute Gasteiger partial charge is 0.418 e. The summed E-state index contributed by atoms with van der Waals surface area (Å²) in [6, 6.07) is 4.02. The summed E-state index contributed by atoms with van der Waals surface area (Å²) in [5, 5.41) is 10.3. The van der Waals surface area contributed by atoms with Crippen LogP contribution in [-0.4, -0.2) is 6.67 Å². The van der Waals surface area contributed by atoms with Crippen molar-refractivity contribution in [2.75, 3.05) is 16.9 Å². The number of hydrogen-bond donors (Lipinski definition) is 1. The van der Waals surface area contributed by atoms with Crippen molar-refractivity contribution in [3.63, 3.8) is 0 Å². The Kier molecular flexibility index (Phi) is 1.92. The Hall–Kier alpha value is -2.05.